The molecule has 0 unspecified atom stereocenters. The molecule has 110 valence electrons. The normalized spacial score (nSPS) is 17.4. The van der Waals surface area contributed by atoms with E-state index in [-0.39, 0.29) is 26.8 Å². The molecule has 1 aromatic rings. The molecule has 0 aliphatic heterocycles. The first-order chi connectivity index (χ1) is 9.21. The highest BCUT2D eigenvalue weighted by molar-refractivity contribution is 7.89. The van der Waals surface area contributed by atoms with Crippen LogP contribution in [-0.2, 0) is 10.0 Å². The Morgan fingerprint density at radius 1 is 1.45 bits per heavy atom. The van der Waals surface area contributed by atoms with Crippen LogP contribution in [0.25, 0.3) is 0 Å². The number of nitrogens with two attached hydrogens (primary N) is 1. The van der Waals surface area contributed by atoms with Crippen LogP contribution in [0.2, 0.25) is 5.02 Å². The molecule has 0 bridgehead atoms. The maximum atomic E-state index is 12.0. The summed E-state index contributed by atoms with van der Waals surface area (Å²) in [6, 6.07) is 4.05. The second kappa shape index (κ2) is 5.35. The molecule has 1 saturated carbocycles. The minimum absolute atomic E-state index is 0.00926. The quantitative estimate of drug-likeness (QED) is 0.889. The fourth-order valence-electron chi connectivity index (χ4n) is 2.22. The minimum atomic E-state index is -3.94. The summed E-state index contributed by atoms with van der Waals surface area (Å²) in [5.41, 5.74) is 0.395. The largest absolute Gasteiger partial charge is 0.351 e. The lowest BCUT2D eigenvalue weighted by atomic mass is 9.70. The van der Waals surface area contributed by atoms with Gasteiger partial charge in [0.2, 0.25) is 10.0 Å². The van der Waals surface area contributed by atoms with Gasteiger partial charge in [0, 0.05) is 12.1 Å². The first kappa shape index (κ1) is 15.3. The molecule has 0 spiro atoms. The Morgan fingerprint density at radius 3 is 2.60 bits per heavy atom. The number of hydrogen-bond acceptors (Lipinski definition) is 3. The summed E-state index contributed by atoms with van der Waals surface area (Å²) < 4.78 is 22.7. The van der Waals surface area contributed by atoms with Crippen LogP contribution in [0, 0.1) is 5.41 Å². The summed E-state index contributed by atoms with van der Waals surface area (Å²) in [6.07, 6.45) is 3.37. The average Bonchev–Trinajstić information content (AvgIpc) is 2.32. The molecule has 3 N–H and O–H groups in total. The number of nitrogens with one attached hydrogen (secondary N) is 1. The van der Waals surface area contributed by atoms with Crippen LogP contribution in [0.15, 0.2) is 23.1 Å². The van der Waals surface area contributed by atoms with Crippen LogP contribution in [0.4, 0.5) is 0 Å². The van der Waals surface area contributed by atoms with E-state index in [1.807, 2.05) is 0 Å². The van der Waals surface area contributed by atoms with Crippen LogP contribution in [-0.4, -0.2) is 20.9 Å². The molecular weight excluding hydrogens is 300 g/mol. The Labute approximate surface area is 123 Å². The number of carbonyl (C=O) groups excluding carboxylic acids is 1. The molecule has 1 amide bonds. The van der Waals surface area contributed by atoms with E-state index in [0.717, 1.165) is 12.8 Å². The topological polar surface area (TPSA) is 89.3 Å². The maximum absolute atomic E-state index is 12.0. The Morgan fingerprint density at radius 2 is 2.10 bits per heavy atom. The van der Waals surface area contributed by atoms with E-state index in [9.17, 15) is 13.2 Å². The summed E-state index contributed by atoms with van der Waals surface area (Å²) in [5.74, 6) is -0.320. The van der Waals surface area contributed by atoms with Crippen molar-refractivity contribution in [3.05, 3.63) is 28.8 Å². The third-order valence-corrected chi connectivity index (χ3v) is 5.13. The molecule has 0 heterocycles. The van der Waals surface area contributed by atoms with Crippen molar-refractivity contribution in [3.63, 3.8) is 0 Å². The smallest absolute Gasteiger partial charge is 0.251 e. The van der Waals surface area contributed by atoms with E-state index in [4.69, 9.17) is 16.7 Å². The Hall–Kier alpha value is -1.11. The number of carbonyl (C=O) groups is 1. The van der Waals surface area contributed by atoms with Gasteiger partial charge in [-0.1, -0.05) is 24.9 Å². The first-order valence-corrected chi connectivity index (χ1v) is 8.24. The van der Waals surface area contributed by atoms with Crippen LogP contribution >= 0.6 is 11.6 Å². The molecule has 0 saturated heterocycles. The predicted octanol–water partition coefficient (Wildman–Crippen LogP) is 1.91. The zero-order valence-corrected chi connectivity index (χ0v) is 12.7. The molecular formula is C13H17ClN2O3S. The van der Waals surface area contributed by atoms with Crippen molar-refractivity contribution in [2.75, 3.05) is 6.54 Å². The Balaban J connectivity index is 2.14. The van der Waals surface area contributed by atoms with Crippen molar-refractivity contribution in [2.24, 2.45) is 10.6 Å². The van der Waals surface area contributed by atoms with Gasteiger partial charge in [-0.3, -0.25) is 4.79 Å². The zero-order chi connectivity index (χ0) is 15.0. The van der Waals surface area contributed by atoms with Crippen LogP contribution < -0.4 is 10.5 Å². The highest BCUT2D eigenvalue weighted by Crippen LogP contribution is 2.39. The molecule has 7 heteroatoms. The summed E-state index contributed by atoms with van der Waals surface area (Å²) in [7, 11) is -3.94. The number of benzene rings is 1. The van der Waals surface area contributed by atoms with E-state index in [1.54, 1.807) is 0 Å². The van der Waals surface area contributed by atoms with Gasteiger partial charge in [0.25, 0.3) is 5.91 Å². The van der Waals surface area contributed by atoms with Gasteiger partial charge in [-0.2, -0.15) is 0 Å². The highest BCUT2D eigenvalue weighted by atomic mass is 35.5. The van der Waals surface area contributed by atoms with Gasteiger partial charge in [0.05, 0.1) is 5.02 Å². The van der Waals surface area contributed by atoms with E-state index in [0.29, 0.717) is 6.54 Å². The molecule has 1 aliphatic carbocycles. The number of sulfonamides is 1. The van der Waals surface area contributed by atoms with Crippen molar-refractivity contribution < 1.29 is 13.2 Å². The first-order valence-electron chi connectivity index (χ1n) is 6.32. The zero-order valence-electron chi connectivity index (χ0n) is 11.1. The number of rotatable bonds is 4. The van der Waals surface area contributed by atoms with Gasteiger partial charge in [-0.15, -0.1) is 0 Å². The maximum Gasteiger partial charge on any atom is 0.251 e. The molecule has 5 nitrogen and oxygen atoms in total. The van der Waals surface area contributed by atoms with E-state index in [1.165, 1.54) is 24.6 Å². The Bertz CT molecular complexity index is 639. The van der Waals surface area contributed by atoms with Crippen molar-refractivity contribution in [3.8, 4) is 0 Å². The molecule has 2 rings (SSSR count). The third kappa shape index (κ3) is 3.31. The summed E-state index contributed by atoms with van der Waals surface area (Å²) in [5, 5.41) is 7.89. The number of primary sulfonamides is 1. The van der Waals surface area contributed by atoms with Gasteiger partial charge in [0.15, 0.2) is 0 Å². The summed E-state index contributed by atoms with van der Waals surface area (Å²) in [6.45, 7) is 2.70. The van der Waals surface area contributed by atoms with Crippen molar-refractivity contribution in [1.29, 1.82) is 0 Å². The standard InChI is InChI=1S/C13H17ClN2O3S/c1-13(5-2-6-13)8-16-12(17)9-3-4-10(14)11(7-9)20(15,18)19/h3-4,7H,2,5-6,8H2,1H3,(H,16,17)(H2,15,18,19). The van der Waals surface area contributed by atoms with Crippen molar-refractivity contribution >= 4 is 27.5 Å². The fourth-order valence-corrected chi connectivity index (χ4v) is 3.29. The lowest BCUT2D eigenvalue weighted by Crippen LogP contribution is -2.40. The van der Waals surface area contributed by atoms with E-state index < -0.39 is 10.0 Å². The average molecular weight is 317 g/mol. The van der Waals surface area contributed by atoms with Crippen molar-refractivity contribution in [2.45, 2.75) is 31.1 Å². The van der Waals surface area contributed by atoms with Crippen molar-refractivity contribution in [1.82, 2.24) is 5.32 Å². The molecule has 1 aromatic carbocycles. The van der Waals surface area contributed by atoms with E-state index in [2.05, 4.69) is 12.2 Å². The number of halogens is 1. The van der Waals surface area contributed by atoms with Crippen LogP contribution in [0.3, 0.4) is 0 Å². The lowest BCUT2D eigenvalue weighted by molar-refractivity contribution is 0.0890. The van der Waals surface area contributed by atoms with Gasteiger partial charge < -0.3 is 5.32 Å². The highest BCUT2D eigenvalue weighted by Gasteiger charge is 2.32. The van der Waals surface area contributed by atoms with Crippen LogP contribution in [0.5, 0.6) is 0 Å². The van der Waals surface area contributed by atoms with E-state index >= 15 is 0 Å². The molecule has 0 radical (unpaired) electrons. The van der Waals surface area contributed by atoms with Crippen LogP contribution in [0.1, 0.15) is 36.5 Å². The minimum Gasteiger partial charge on any atom is -0.351 e. The fraction of sp³-hybridized carbons (Fsp3) is 0.462. The molecule has 1 fully saturated rings. The monoisotopic (exact) mass is 316 g/mol. The second-order valence-corrected chi connectivity index (χ2v) is 7.47. The van der Waals surface area contributed by atoms with Gasteiger partial charge >= 0.3 is 0 Å². The molecule has 1 aliphatic rings. The third-order valence-electron chi connectivity index (χ3n) is 3.74. The Kier molecular flexibility index (Phi) is 4.09. The molecule has 0 aromatic heterocycles. The lowest BCUT2D eigenvalue weighted by Gasteiger charge is -2.38. The number of amides is 1. The SMILES string of the molecule is CC1(CNC(=O)c2ccc(Cl)c(S(N)(=O)=O)c2)CCC1. The summed E-state index contributed by atoms with van der Waals surface area (Å²) >= 11 is 5.78. The number of hydrogen-bond donors (Lipinski definition) is 2. The second-order valence-electron chi connectivity index (χ2n) is 5.54. The van der Waals surface area contributed by atoms with Gasteiger partial charge in [-0.25, -0.2) is 13.6 Å². The van der Waals surface area contributed by atoms with Gasteiger partial charge in [0.1, 0.15) is 4.90 Å². The molecule has 20 heavy (non-hydrogen) atoms. The molecule has 0 atom stereocenters. The summed E-state index contributed by atoms with van der Waals surface area (Å²) in [4.78, 5) is 11.8. The van der Waals surface area contributed by atoms with Gasteiger partial charge in [-0.05, 0) is 36.5 Å². The predicted molar refractivity (Wildman–Crippen MR) is 77.1 cm³/mol.